The molecule has 1 amide bonds. The van der Waals surface area contributed by atoms with Crippen LogP contribution in [0.15, 0.2) is 67.3 Å². The second-order valence-electron chi connectivity index (χ2n) is 3.95. The van der Waals surface area contributed by atoms with Crippen molar-refractivity contribution in [1.29, 1.82) is 0 Å². The van der Waals surface area contributed by atoms with E-state index < -0.39 is 0 Å². The third kappa shape index (κ3) is 3.71. The highest BCUT2D eigenvalue weighted by atomic mass is 16.5. The molecule has 0 saturated heterocycles. The summed E-state index contributed by atoms with van der Waals surface area (Å²) < 4.78 is 5.41. The fraction of sp³-hybridized carbons (Fsp3) is 0.0625. The van der Waals surface area contributed by atoms with E-state index in [0.717, 1.165) is 0 Å². The van der Waals surface area contributed by atoms with E-state index in [1.54, 1.807) is 24.3 Å². The van der Waals surface area contributed by atoms with Gasteiger partial charge in [-0.2, -0.15) is 0 Å². The number of carbonyl (C=O) groups excluding carboxylic acids is 1. The minimum Gasteiger partial charge on any atom is -0.489 e. The number of hydrogen-bond acceptors (Lipinski definition) is 2. The fourth-order valence-corrected chi connectivity index (χ4v) is 1.61. The predicted octanol–water partition coefficient (Wildman–Crippen LogP) is 3.50. The molecular weight excluding hydrogens is 238 g/mol. The number of carbonyl (C=O) groups is 1. The Kier molecular flexibility index (Phi) is 4.34. The van der Waals surface area contributed by atoms with E-state index in [0.29, 0.717) is 23.6 Å². The van der Waals surface area contributed by atoms with Gasteiger partial charge in [0.15, 0.2) is 0 Å². The number of benzene rings is 2. The van der Waals surface area contributed by atoms with E-state index in [-0.39, 0.29) is 5.91 Å². The van der Waals surface area contributed by atoms with Crippen LogP contribution in [-0.4, -0.2) is 12.5 Å². The summed E-state index contributed by atoms with van der Waals surface area (Å²) in [5, 5.41) is 2.83. The number of nitrogens with one attached hydrogen (secondary N) is 1. The summed E-state index contributed by atoms with van der Waals surface area (Å²) in [6, 6.07) is 16.4. The highest BCUT2D eigenvalue weighted by Crippen LogP contribution is 2.18. The van der Waals surface area contributed by atoms with Gasteiger partial charge in [0.2, 0.25) is 0 Å². The summed E-state index contributed by atoms with van der Waals surface area (Å²) in [6.45, 7) is 4.03. The molecule has 0 saturated carbocycles. The van der Waals surface area contributed by atoms with Gasteiger partial charge in [-0.05, 0) is 24.3 Å². The zero-order chi connectivity index (χ0) is 13.5. The van der Waals surface area contributed by atoms with Gasteiger partial charge >= 0.3 is 0 Å². The van der Waals surface area contributed by atoms with Crippen molar-refractivity contribution in [3.05, 3.63) is 72.8 Å². The summed E-state index contributed by atoms with van der Waals surface area (Å²) in [5.74, 6) is 0.562. The second kappa shape index (κ2) is 6.40. The smallest absolute Gasteiger partial charge is 0.255 e. The van der Waals surface area contributed by atoms with Crippen LogP contribution in [-0.2, 0) is 0 Å². The third-order valence-corrected chi connectivity index (χ3v) is 2.50. The highest BCUT2D eigenvalue weighted by molar-refractivity contribution is 6.04. The standard InChI is InChI=1S/C16H15NO2/c1-2-11-19-15-10-6-9-14(12-15)17-16(18)13-7-4-3-5-8-13/h2-10,12H,1,11H2,(H,17,18). The Morgan fingerprint density at radius 2 is 1.95 bits per heavy atom. The summed E-state index contributed by atoms with van der Waals surface area (Å²) in [6.07, 6.45) is 1.68. The molecular formula is C16H15NO2. The SMILES string of the molecule is C=CCOc1cccc(NC(=O)c2ccccc2)c1. The first-order valence-corrected chi connectivity index (χ1v) is 6.00. The van der Waals surface area contributed by atoms with E-state index in [4.69, 9.17) is 4.74 Å². The average Bonchev–Trinajstić information content (AvgIpc) is 2.46. The number of ether oxygens (including phenoxy) is 1. The first kappa shape index (κ1) is 12.9. The lowest BCUT2D eigenvalue weighted by molar-refractivity contribution is 0.102. The summed E-state index contributed by atoms with van der Waals surface area (Å²) in [5.41, 5.74) is 1.33. The maximum Gasteiger partial charge on any atom is 0.255 e. The molecule has 0 atom stereocenters. The Balaban J connectivity index is 2.06. The van der Waals surface area contributed by atoms with E-state index in [1.165, 1.54) is 0 Å². The molecule has 0 bridgehead atoms. The molecule has 2 aromatic carbocycles. The number of amides is 1. The number of anilines is 1. The molecule has 0 unspecified atom stereocenters. The van der Waals surface area contributed by atoms with Crippen molar-refractivity contribution in [1.82, 2.24) is 0 Å². The molecule has 0 aliphatic rings. The van der Waals surface area contributed by atoms with Crippen molar-refractivity contribution in [2.75, 3.05) is 11.9 Å². The summed E-state index contributed by atoms with van der Waals surface area (Å²) in [7, 11) is 0. The Labute approximate surface area is 112 Å². The molecule has 19 heavy (non-hydrogen) atoms. The molecule has 96 valence electrons. The minimum atomic E-state index is -0.138. The van der Waals surface area contributed by atoms with Gasteiger partial charge in [0.1, 0.15) is 12.4 Å². The van der Waals surface area contributed by atoms with Gasteiger partial charge in [-0.15, -0.1) is 0 Å². The van der Waals surface area contributed by atoms with Gasteiger partial charge in [0.25, 0.3) is 5.91 Å². The molecule has 1 N–H and O–H groups in total. The van der Waals surface area contributed by atoms with Crippen LogP contribution in [0.3, 0.4) is 0 Å². The maximum atomic E-state index is 12.0. The molecule has 0 radical (unpaired) electrons. The third-order valence-electron chi connectivity index (χ3n) is 2.50. The van der Waals surface area contributed by atoms with Crippen LogP contribution in [0.2, 0.25) is 0 Å². The van der Waals surface area contributed by atoms with Crippen molar-refractivity contribution < 1.29 is 9.53 Å². The summed E-state index contributed by atoms with van der Waals surface area (Å²) in [4.78, 5) is 12.0. The van der Waals surface area contributed by atoms with Crippen LogP contribution in [0, 0.1) is 0 Å². The molecule has 0 aliphatic carbocycles. The van der Waals surface area contributed by atoms with Gasteiger partial charge < -0.3 is 10.1 Å². The zero-order valence-corrected chi connectivity index (χ0v) is 10.5. The largest absolute Gasteiger partial charge is 0.489 e. The average molecular weight is 253 g/mol. The lowest BCUT2D eigenvalue weighted by Gasteiger charge is -2.08. The van der Waals surface area contributed by atoms with Crippen molar-refractivity contribution in [3.63, 3.8) is 0 Å². The van der Waals surface area contributed by atoms with E-state index >= 15 is 0 Å². The van der Waals surface area contributed by atoms with E-state index in [2.05, 4.69) is 11.9 Å². The molecule has 3 heteroatoms. The quantitative estimate of drug-likeness (QED) is 0.828. The van der Waals surface area contributed by atoms with Crippen LogP contribution in [0.5, 0.6) is 5.75 Å². The molecule has 0 aromatic heterocycles. The maximum absolute atomic E-state index is 12.0. The molecule has 0 heterocycles. The molecule has 2 rings (SSSR count). The van der Waals surface area contributed by atoms with Crippen LogP contribution < -0.4 is 10.1 Å². The molecule has 0 fully saturated rings. The van der Waals surface area contributed by atoms with Gasteiger partial charge in [-0.25, -0.2) is 0 Å². The molecule has 0 aliphatic heterocycles. The Morgan fingerprint density at radius 1 is 1.16 bits per heavy atom. The topological polar surface area (TPSA) is 38.3 Å². The fourth-order valence-electron chi connectivity index (χ4n) is 1.61. The normalized spacial score (nSPS) is 9.68. The first-order valence-electron chi connectivity index (χ1n) is 6.00. The van der Waals surface area contributed by atoms with Gasteiger partial charge in [0.05, 0.1) is 0 Å². The van der Waals surface area contributed by atoms with Crippen molar-refractivity contribution in [3.8, 4) is 5.75 Å². The van der Waals surface area contributed by atoms with Crippen molar-refractivity contribution in [2.45, 2.75) is 0 Å². The van der Waals surface area contributed by atoms with Gasteiger partial charge in [0, 0.05) is 17.3 Å². The molecule has 0 spiro atoms. The lowest BCUT2D eigenvalue weighted by atomic mass is 10.2. The number of rotatable bonds is 5. The van der Waals surface area contributed by atoms with Crippen LogP contribution in [0.4, 0.5) is 5.69 Å². The van der Waals surface area contributed by atoms with Gasteiger partial charge in [-0.3, -0.25) is 4.79 Å². The lowest BCUT2D eigenvalue weighted by Crippen LogP contribution is -2.11. The van der Waals surface area contributed by atoms with Gasteiger partial charge in [-0.1, -0.05) is 36.9 Å². The summed E-state index contributed by atoms with van der Waals surface area (Å²) >= 11 is 0. The van der Waals surface area contributed by atoms with Crippen molar-refractivity contribution in [2.24, 2.45) is 0 Å². The van der Waals surface area contributed by atoms with Crippen molar-refractivity contribution >= 4 is 11.6 Å². The zero-order valence-electron chi connectivity index (χ0n) is 10.5. The first-order chi connectivity index (χ1) is 9.29. The van der Waals surface area contributed by atoms with Crippen LogP contribution >= 0.6 is 0 Å². The highest BCUT2D eigenvalue weighted by Gasteiger charge is 2.05. The minimum absolute atomic E-state index is 0.138. The number of hydrogen-bond donors (Lipinski definition) is 1. The van der Waals surface area contributed by atoms with Crippen LogP contribution in [0.25, 0.3) is 0 Å². The van der Waals surface area contributed by atoms with E-state index in [9.17, 15) is 4.79 Å². The molecule has 2 aromatic rings. The Morgan fingerprint density at radius 3 is 2.68 bits per heavy atom. The van der Waals surface area contributed by atoms with Crippen LogP contribution in [0.1, 0.15) is 10.4 Å². The second-order valence-corrected chi connectivity index (χ2v) is 3.95. The van der Waals surface area contributed by atoms with E-state index in [1.807, 2.05) is 36.4 Å². The predicted molar refractivity (Wildman–Crippen MR) is 76.5 cm³/mol. The molecule has 3 nitrogen and oxygen atoms in total. The monoisotopic (exact) mass is 253 g/mol. The Bertz CT molecular complexity index is 564. The Hall–Kier alpha value is -2.55.